The van der Waals surface area contributed by atoms with Crippen molar-refractivity contribution in [1.29, 1.82) is 0 Å². The van der Waals surface area contributed by atoms with Gasteiger partial charge in [-0.25, -0.2) is 4.79 Å². The molecule has 0 spiro atoms. The van der Waals surface area contributed by atoms with E-state index < -0.39 is 17.2 Å². The number of benzene rings is 3. The lowest BCUT2D eigenvalue weighted by molar-refractivity contribution is -0.134. The Balaban J connectivity index is 1.74. The van der Waals surface area contributed by atoms with E-state index >= 15 is 0 Å². The molecule has 0 unspecified atom stereocenters. The summed E-state index contributed by atoms with van der Waals surface area (Å²) in [4.78, 5) is 42.2. The van der Waals surface area contributed by atoms with Gasteiger partial charge >= 0.3 is 11.7 Å². The van der Waals surface area contributed by atoms with Gasteiger partial charge in [0.2, 0.25) is 0 Å². The second-order valence-electron chi connectivity index (χ2n) is 8.14. The minimum Gasteiger partial charge on any atom is -0.493 e. The summed E-state index contributed by atoms with van der Waals surface area (Å²) in [7, 11) is 1.50. The van der Waals surface area contributed by atoms with Gasteiger partial charge < -0.3 is 14.8 Å². The normalized spacial score (nSPS) is 14.1. The molecule has 3 N–H and O–H groups in total. The molecule has 3 aromatic carbocycles. The SMILES string of the molecule is CCCC(=O)Oc1ccc([C@@H]2c3c([nH]c(=O)[nH]c3=O)Nc3ccc4ccccc4c32)cc1OC. The highest BCUT2D eigenvalue weighted by Crippen LogP contribution is 2.46. The van der Waals surface area contributed by atoms with Crippen LogP contribution in [0.4, 0.5) is 11.5 Å². The molecular weight excluding hydrogens is 434 g/mol. The number of aromatic amines is 2. The molecule has 0 saturated heterocycles. The Morgan fingerprint density at radius 1 is 0.971 bits per heavy atom. The molecule has 0 fully saturated rings. The van der Waals surface area contributed by atoms with Gasteiger partial charge in [-0.3, -0.25) is 19.6 Å². The van der Waals surface area contributed by atoms with Crippen LogP contribution in [0, 0.1) is 0 Å². The van der Waals surface area contributed by atoms with Gasteiger partial charge in [0.05, 0.1) is 12.7 Å². The predicted octanol–water partition coefficient (Wildman–Crippen LogP) is 4.17. The van der Waals surface area contributed by atoms with Crippen LogP contribution in [0.2, 0.25) is 0 Å². The van der Waals surface area contributed by atoms with Crippen molar-refractivity contribution in [3.8, 4) is 11.5 Å². The summed E-state index contributed by atoms with van der Waals surface area (Å²) >= 11 is 0. The molecule has 34 heavy (non-hydrogen) atoms. The van der Waals surface area contributed by atoms with Crippen LogP contribution >= 0.6 is 0 Å². The molecule has 1 aliphatic rings. The maximum absolute atomic E-state index is 13.0. The number of carbonyl (C=O) groups is 1. The van der Waals surface area contributed by atoms with Crippen molar-refractivity contribution >= 4 is 28.2 Å². The first-order valence-corrected chi connectivity index (χ1v) is 11.0. The summed E-state index contributed by atoms with van der Waals surface area (Å²) in [5.74, 6) is 0.189. The van der Waals surface area contributed by atoms with Crippen LogP contribution < -0.4 is 26.0 Å². The minimum atomic E-state index is -0.588. The van der Waals surface area contributed by atoms with Crippen LogP contribution in [-0.4, -0.2) is 23.0 Å². The van der Waals surface area contributed by atoms with Gasteiger partial charge in [0.25, 0.3) is 5.56 Å². The van der Waals surface area contributed by atoms with Crippen LogP contribution in [0.15, 0.2) is 64.2 Å². The molecule has 1 aromatic heterocycles. The number of fused-ring (bicyclic) bond motifs is 4. The average Bonchev–Trinajstić information content (AvgIpc) is 2.83. The van der Waals surface area contributed by atoms with E-state index in [0.717, 1.165) is 27.6 Å². The third-order valence-electron chi connectivity index (χ3n) is 5.99. The highest BCUT2D eigenvalue weighted by Gasteiger charge is 2.32. The van der Waals surface area contributed by atoms with Crippen molar-refractivity contribution in [2.75, 3.05) is 12.4 Å². The van der Waals surface area contributed by atoms with E-state index in [1.54, 1.807) is 12.1 Å². The third kappa shape index (κ3) is 3.63. The summed E-state index contributed by atoms with van der Waals surface area (Å²) in [5.41, 5.74) is 1.77. The van der Waals surface area contributed by atoms with E-state index in [-0.39, 0.29) is 5.97 Å². The molecule has 0 aliphatic carbocycles. The van der Waals surface area contributed by atoms with Gasteiger partial charge in [-0.15, -0.1) is 0 Å². The first-order valence-electron chi connectivity index (χ1n) is 11.0. The molecule has 2 heterocycles. The number of H-pyrrole nitrogens is 2. The third-order valence-corrected chi connectivity index (χ3v) is 5.99. The Morgan fingerprint density at radius 2 is 1.79 bits per heavy atom. The number of ether oxygens (including phenoxy) is 2. The zero-order valence-electron chi connectivity index (χ0n) is 18.7. The van der Waals surface area contributed by atoms with Gasteiger partial charge in [0.15, 0.2) is 11.5 Å². The van der Waals surface area contributed by atoms with Crippen LogP contribution in [0.25, 0.3) is 10.8 Å². The number of anilines is 2. The molecule has 0 saturated carbocycles. The lowest BCUT2D eigenvalue weighted by atomic mass is 9.80. The summed E-state index contributed by atoms with van der Waals surface area (Å²) in [6.45, 7) is 1.90. The number of methoxy groups -OCH3 is 1. The van der Waals surface area contributed by atoms with E-state index in [1.807, 2.05) is 49.4 Å². The molecule has 0 bridgehead atoms. The van der Waals surface area contributed by atoms with Crippen molar-refractivity contribution in [1.82, 2.24) is 9.97 Å². The molecule has 5 rings (SSSR count). The highest BCUT2D eigenvalue weighted by atomic mass is 16.6. The Labute approximate surface area is 194 Å². The van der Waals surface area contributed by atoms with Gasteiger partial charge in [0.1, 0.15) is 5.82 Å². The van der Waals surface area contributed by atoms with Crippen molar-refractivity contribution in [2.45, 2.75) is 25.7 Å². The fourth-order valence-corrected chi connectivity index (χ4v) is 4.52. The summed E-state index contributed by atoms with van der Waals surface area (Å²) in [6, 6.07) is 17.1. The fourth-order valence-electron chi connectivity index (χ4n) is 4.52. The van der Waals surface area contributed by atoms with Gasteiger partial charge in [-0.05, 0) is 46.5 Å². The number of rotatable bonds is 5. The van der Waals surface area contributed by atoms with Crippen LogP contribution in [-0.2, 0) is 4.79 Å². The molecule has 0 amide bonds. The lowest BCUT2D eigenvalue weighted by Crippen LogP contribution is -2.32. The molecule has 1 aliphatic heterocycles. The second-order valence-corrected chi connectivity index (χ2v) is 8.14. The number of aromatic nitrogens is 2. The Hall–Kier alpha value is -4.33. The summed E-state index contributed by atoms with van der Waals surface area (Å²) < 4.78 is 11.0. The zero-order valence-corrected chi connectivity index (χ0v) is 18.7. The summed E-state index contributed by atoms with van der Waals surface area (Å²) in [5, 5.41) is 5.22. The predicted molar refractivity (Wildman–Crippen MR) is 129 cm³/mol. The molecule has 0 radical (unpaired) electrons. The second kappa shape index (κ2) is 8.55. The molecule has 4 aromatic rings. The zero-order chi connectivity index (χ0) is 23.8. The average molecular weight is 457 g/mol. The van der Waals surface area contributed by atoms with Crippen molar-refractivity contribution in [2.24, 2.45) is 0 Å². The van der Waals surface area contributed by atoms with E-state index in [0.29, 0.717) is 35.7 Å². The van der Waals surface area contributed by atoms with Gasteiger partial charge in [-0.1, -0.05) is 43.3 Å². The van der Waals surface area contributed by atoms with E-state index in [9.17, 15) is 14.4 Å². The van der Waals surface area contributed by atoms with Crippen molar-refractivity contribution in [3.63, 3.8) is 0 Å². The number of carbonyl (C=O) groups excluding carboxylic acids is 1. The van der Waals surface area contributed by atoms with Gasteiger partial charge in [-0.2, -0.15) is 0 Å². The maximum atomic E-state index is 13.0. The number of esters is 1. The molecular formula is C26H23N3O5. The standard InChI is InChI=1S/C26H23N3O5/c1-3-6-20(30)34-18-12-10-15(13-19(18)33-2)21-22-16-8-5-4-7-14(16)9-11-17(22)27-24-23(21)25(31)29-26(32)28-24/h4-5,7-13,21H,3,6H2,1-2H3,(H3,27,28,29,31,32)/t21-/m0/s1. The molecule has 1 atom stereocenters. The van der Waals surface area contributed by atoms with E-state index in [2.05, 4.69) is 15.3 Å². The Bertz CT molecular complexity index is 1540. The Morgan fingerprint density at radius 3 is 2.59 bits per heavy atom. The fraction of sp³-hybridized carbons (Fsp3) is 0.192. The molecule has 172 valence electrons. The summed E-state index contributed by atoms with van der Waals surface area (Å²) in [6.07, 6.45) is 0.977. The highest BCUT2D eigenvalue weighted by molar-refractivity contribution is 5.94. The first kappa shape index (κ1) is 21.5. The van der Waals surface area contributed by atoms with E-state index in [4.69, 9.17) is 9.47 Å². The van der Waals surface area contributed by atoms with E-state index in [1.165, 1.54) is 7.11 Å². The lowest BCUT2D eigenvalue weighted by Gasteiger charge is -2.30. The quantitative estimate of drug-likeness (QED) is 0.270. The minimum absolute atomic E-state index is 0.300. The number of hydrogen-bond donors (Lipinski definition) is 3. The van der Waals surface area contributed by atoms with Gasteiger partial charge in [0, 0.05) is 18.0 Å². The first-order chi connectivity index (χ1) is 16.5. The van der Waals surface area contributed by atoms with Crippen LogP contribution in [0.1, 0.15) is 42.4 Å². The topological polar surface area (TPSA) is 113 Å². The Kier molecular flexibility index (Phi) is 5.41. The monoisotopic (exact) mass is 457 g/mol. The molecule has 8 nitrogen and oxygen atoms in total. The number of hydrogen-bond acceptors (Lipinski definition) is 6. The van der Waals surface area contributed by atoms with Crippen molar-refractivity contribution in [3.05, 3.63) is 92.1 Å². The van der Waals surface area contributed by atoms with Crippen LogP contribution in [0.5, 0.6) is 11.5 Å². The largest absolute Gasteiger partial charge is 0.493 e. The maximum Gasteiger partial charge on any atom is 0.327 e. The molecule has 8 heteroatoms. The van der Waals surface area contributed by atoms with Crippen molar-refractivity contribution < 1.29 is 14.3 Å². The van der Waals surface area contributed by atoms with Crippen LogP contribution in [0.3, 0.4) is 0 Å². The smallest absolute Gasteiger partial charge is 0.327 e. The number of nitrogens with one attached hydrogen (secondary N) is 3.